The molecule has 0 aromatic carbocycles. The van der Waals surface area contributed by atoms with Crippen molar-refractivity contribution in [2.45, 2.75) is 13.0 Å². The van der Waals surface area contributed by atoms with Gasteiger partial charge in [-0.15, -0.1) is 0 Å². The van der Waals surface area contributed by atoms with E-state index >= 15 is 0 Å². The number of nitrogens with one attached hydrogen (secondary N) is 1. The molecule has 2 aromatic rings. The summed E-state index contributed by atoms with van der Waals surface area (Å²) in [5, 5.41) is 11.9. The van der Waals surface area contributed by atoms with Crippen LogP contribution in [0.15, 0.2) is 18.5 Å². The third-order valence-electron chi connectivity index (χ3n) is 3.13. The number of nitrogen functional groups attached to an aromatic ring is 1. The van der Waals surface area contributed by atoms with Gasteiger partial charge >= 0.3 is 0 Å². The zero-order valence-electron chi connectivity index (χ0n) is 13.7. The number of pyridine rings is 1. The normalized spacial score (nSPS) is 10.3. The van der Waals surface area contributed by atoms with Gasteiger partial charge in [-0.05, 0) is 6.42 Å². The maximum Gasteiger partial charge on any atom is 0.222 e. The van der Waals surface area contributed by atoms with Gasteiger partial charge in [-0.1, -0.05) is 0 Å². The van der Waals surface area contributed by atoms with Crippen LogP contribution in [0, 0.1) is 0 Å². The summed E-state index contributed by atoms with van der Waals surface area (Å²) in [6.45, 7) is 0.751. The van der Waals surface area contributed by atoms with E-state index in [-0.39, 0.29) is 19.2 Å². The van der Waals surface area contributed by atoms with Crippen LogP contribution in [-0.4, -0.2) is 47.4 Å². The van der Waals surface area contributed by atoms with Crippen LogP contribution in [0.3, 0.4) is 0 Å². The van der Waals surface area contributed by atoms with Gasteiger partial charge in [-0.3, -0.25) is 4.98 Å². The Bertz CT molecular complexity index is 668. The van der Waals surface area contributed by atoms with Crippen LogP contribution in [0.5, 0.6) is 17.2 Å². The van der Waals surface area contributed by atoms with Gasteiger partial charge in [0.25, 0.3) is 0 Å². The van der Waals surface area contributed by atoms with Gasteiger partial charge in [0.05, 0.1) is 20.4 Å². The lowest BCUT2D eigenvalue weighted by molar-refractivity contribution is 0.283. The fraction of sp³-hybridized carbons (Fsp3) is 0.400. The number of nitrogens with zero attached hydrogens (tertiary/aromatic N) is 3. The molecule has 0 fully saturated rings. The molecular formula is C15H21N5O4. The highest BCUT2D eigenvalue weighted by Crippen LogP contribution is 2.30. The van der Waals surface area contributed by atoms with Crippen molar-refractivity contribution in [1.29, 1.82) is 0 Å². The number of ether oxygens (including phenoxy) is 3. The topological polar surface area (TPSA) is 125 Å². The average molecular weight is 335 g/mol. The van der Waals surface area contributed by atoms with Crippen LogP contribution < -0.4 is 25.3 Å². The van der Waals surface area contributed by atoms with Crippen molar-refractivity contribution in [2.75, 3.05) is 38.4 Å². The summed E-state index contributed by atoms with van der Waals surface area (Å²) in [5.41, 5.74) is 6.19. The summed E-state index contributed by atoms with van der Waals surface area (Å²) in [6, 6.07) is 1.70. The van der Waals surface area contributed by atoms with Gasteiger partial charge in [-0.25, -0.2) is 4.98 Å². The summed E-state index contributed by atoms with van der Waals surface area (Å²) in [6.07, 6.45) is 3.67. The van der Waals surface area contributed by atoms with E-state index in [4.69, 9.17) is 25.1 Å². The third-order valence-corrected chi connectivity index (χ3v) is 3.13. The number of aliphatic hydroxyl groups is 1. The predicted molar refractivity (Wildman–Crippen MR) is 88.3 cm³/mol. The van der Waals surface area contributed by atoms with Crippen molar-refractivity contribution >= 4 is 11.8 Å². The van der Waals surface area contributed by atoms with Crippen LogP contribution in [0.25, 0.3) is 0 Å². The molecule has 9 heteroatoms. The van der Waals surface area contributed by atoms with Crippen molar-refractivity contribution in [1.82, 2.24) is 15.0 Å². The highest BCUT2D eigenvalue weighted by atomic mass is 16.5. The summed E-state index contributed by atoms with van der Waals surface area (Å²) < 4.78 is 16.3. The first-order valence-corrected chi connectivity index (χ1v) is 7.35. The maximum atomic E-state index is 8.86. The molecule has 0 unspecified atom stereocenters. The summed E-state index contributed by atoms with van der Waals surface area (Å²) in [4.78, 5) is 12.3. The number of hydrogen-bond acceptors (Lipinski definition) is 9. The number of aliphatic hydroxyl groups excluding tert-OH is 1. The molecule has 2 aromatic heterocycles. The smallest absolute Gasteiger partial charge is 0.222 e. The van der Waals surface area contributed by atoms with E-state index in [1.54, 1.807) is 19.4 Å². The Hall–Kier alpha value is -2.81. The quantitative estimate of drug-likeness (QED) is 0.572. The second-order valence-corrected chi connectivity index (χ2v) is 4.73. The molecule has 4 N–H and O–H groups in total. The zero-order valence-corrected chi connectivity index (χ0v) is 13.7. The largest absolute Gasteiger partial charge is 0.493 e. The number of methoxy groups -OCH3 is 2. The first-order valence-electron chi connectivity index (χ1n) is 7.35. The lowest BCUT2D eigenvalue weighted by Gasteiger charge is -2.14. The van der Waals surface area contributed by atoms with Crippen molar-refractivity contribution in [3.63, 3.8) is 0 Å². The Morgan fingerprint density at radius 2 is 2.04 bits per heavy atom. The average Bonchev–Trinajstić information content (AvgIpc) is 2.60. The standard InChI is InChI=1S/C15H21N5O4/c1-22-11-4-6-17-10(13(11)23-2)9-24-12-8-19-15(16)20-14(12)18-5-3-7-21/h4,6,8,21H,3,5,7,9H2,1-2H3,(H3,16,18,19,20). The first-order chi connectivity index (χ1) is 11.7. The minimum atomic E-state index is 0.0781. The van der Waals surface area contributed by atoms with Crippen LogP contribution in [-0.2, 0) is 6.61 Å². The lowest BCUT2D eigenvalue weighted by atomic mass is 10.3. The fourth-order valence-corrected chi connectivity index (χ4v) is 2.00. The van der Waals surface area contributed by atoms with E-state index in [2.05, 4.69) is 20.3 Å². The van der Waals surface area contributed by atoms with E-state index < -0.39 is 0 Å². The Morgan fingerprint density at radius 3 is 2.75 bits per heavy atom. The highest BCUT2D eigenvalue weighted by Gasteiger charge is 2.13. The molecule has 0 bridgehead atoms. The van der Waals surface area contributed by atoms with Crippen LogP contribution >= 0.6 is 0 Å². The molecule has 0 aliphatic carbocycles. The lowest BCUT2D eigenvalue weighted by Crippen LogP contribution is -2.10. The molecule has 0 amide bonds. The number of hydrogen-bond donors (Lipinski definition) is 3. The third kappa shape index (κ3) is 4.35. The molecule has 130 valence electrons. The molecule has 0 atom stereocenters. The molecule has 0 radical (unpaired) electrons. The number of nitrogens with two attached hydrogens (primary N) is 1. The highest BCUT2D eigenvalue weighted by molar-refractivity contribution is 5.51. The van der Waals surface area contributed by atoms with Crippen molar-refractivity contribution in [3.05, 3.63) is 24.2 Å². The molecule has 0 spiro atoms. The molecule has 9 nitrogen and oxygen atoms in total. The first kappa shape index (κ1) is 17.5. The van der Waals surface area contributed by atoms with Gasteiger partial charge in [0.2, 0.25) is 5.95 Å². The maximum absolute atomic E-state index is 8.86. The Kier molecular flexibility index (Phi) is 6.38. The molecule has 0 aliphatic rings. The van der Waals surface area contributed by atoms with Crippen LogP contribution in [0.1, 0.15) is 12.1 Å². The van der Waals surface area contributed by atoms with Gasteiger partial charge in [-0.2, -0.15) is 4.98 Å². The molecule has 0 saturated heterocycles. The number of anilines is 2. The van der Waals surface area contributed by atoms with Crippen LogP contribution in [0.2, 0.25) is 0 Å². The number of aromatic nitrogens is 3. The minimum absolute atomic E-state index is 0.0781. The van der Waals surface area contributed by atoms with Gasteiger partial charge < -0.3 is 30.4 Å². The van der Waals surface area contributed by atoms with E-state index in [9.17, 15) is 0 Å². The molecule has 2 rings (SSSR count). The van der Waals surface area contributed by atoms with E-state index in [0.29, 0.717) is 41.7 Å². The second-order valence-electron chi connectivity index (χ2n) is 4.73. The minimum Gasteiger partial charge on any atom is -0.493 e. The predicted octanol–water partition coefficient (Wildman–Crippen LogP) is 0.844. The summed E-state index contributed by atoms with van der Waals surface area (Å²) in [7, 11) is 3.09. The summed E-state index contributed by atoms with van der Waals surface area (Å²) >= 11 is 0. The van der Waals surface area contributed by atoms with E-state index in [1.807, 2.05) is 0 Å². The molecule has 2 heterocycles. The Morgan fingerprint density at radius 1 is 1.21 bits per heavy atom. The second kappa shape index (κ2) is 8.73. The Labute approximate surface area is 139 Å². The molecule has 0 aliphatic heterocycles. The number of rotatable bonds is 9. The van der Waals surface area contributed by atoms with Crippen molar-refractivity contribution < 1.29 is 19.3 Å². The molecular weight excluding hydrogens is 314 g/mol. The molecule has 0 saturated carbocycles. The monoisotopic (exact) mass is 335 g/mol. The zero-order chi connectivity index (χ0) is 17.4. The fourth-order valence-electron chi connectivity index (χ4n) is 2.00. The Balaban J connectivity index is 2.14. The van der Waals surface area contributed by atoms with Crippen LogP contribution in [0.4, 0.5) is 11.8 Å². The molecule has 24 heavy (non-hydrogen) atoms. The van der Waals surface area contributed by atoms with Gasteiger partial charge in [0.15, 0.2) is 23.1 Å². The van der Waals surface area contributed by atoms with Gasteiger partial charge in [0.1, 0.15) is 12.3 Å². The van der Waals surface area contributed by atoms with E-state index in [1.165, 1.54) is 13.3 Å². The van der Waals surface area contributed by atoms with E-state index in [0.717, 1.165) is 0 Å². The van der Waals surface area contributed by atoms with Crippen molar-refractivity contribution in [3.8, 4) is 17.2 Å². The summed E-state index contributed by atoms with van der Waals surface area (Å²) in [5.74, 6) is 2.09. The van der Waals surface area contributed by atoms with Gasteiger partial charge in [0, 0.05) is 25.4 Å². The van der Waals surface area contributed by atoms with Crippen molar-refractivity contribution in [2.24, 2.45) is 0 Å². The SMILES string of the molecule is COc1ccnc(COc2cnc(N)nc2NCCCO)c1OC.